The molecule has 0 aliphatic carbocycles. The van der Waals surface area contributed by atoms with E-state index in [-0.39, 0.29) is 0 Å². The minimum Gasteiger partial charge on any atom is -0.462 e. The number of aryl methyl sites for hydroxylation is 1. The molecular formula is C8H11N3O3S. The number of amides is 2. The number of urea groups is 1. The van der Waals surface area contributed by atoms with Gasteiger partial charge >= 0.3 is 12.0 Å². The van der Waals surface area contributed by atoms with Gasteiger partial charge in [0.25, 0.3) is 0 Å². The van der Waals surface area contributed by atoms with Crippen LogP contribution in [-0.4, -0.2) is 23.6 Å². The Kier molecular flexibility index (Phi) is 3.62. The lowest BCUT2D eigenvalue weighted by Gasteiger charge is -1.97. The highest BCUT2D eigenvalue weighted by atomic mass is 32.1. The molecule has 0 spiro atoms. The molecule has 0 saturated heterocycles. The molecule has 1 aromatic heterocycles. The fourth-order valence-corrected chi connectivity index (χ4v) is 1.80. The van der Waals surface area contributed by atoms with Crippen LogP contribution >= 0.6 is 11.3 Å². The third kappa shape index (κ3) is 2.91. The molecule has 15 heavy (non-hydrogen) atoms. The summed E-state index contributed by atoms with van der Waals surface area (Å²) in [5.41, 5.74) is 5.43. The molecule has 0 saturated carbocycles. The van der Waals surface area contributed by atoms with Crippen LogP contribution in [0.3, 0.4) is 0 Å². The minimum absolute atomic E-state index is 0.294. The first kappa shape index (κ1) is 11.4. The molecule has 7 heteroatoms. The van der Waals surface area contributed by atoms with E-state index in [1.807, 2.05) is 0 Å². The zero-order valence-electron chi connectivity index (χ0n) is 8.36. The van der Waals surface area contributed by atoms with E-state index in [9.17, 15) is 9.59 Å². The second-order valence-corrected chi connectivity index (χ2v) is 3.64. The van der Waals surface area contributed by atoms with Crippen LogP contribution in [0.4, 0.5) is 9.93 Å². The van der Waals surface area contributed by atoms with E-state index in [1.165, 1.54) is 0 Å². The first-order valence-electron chi connectivity index (χ1n) is 4.25. The molecule has 3 N–H and O–H groups in total. The predicted molar refractivity (Wildman–Crippen MR) is 56.0 cm³/mol. The van der Waals surface area contributed by atoms with Crippen molar-refractivity contribution >= 4 is 28.5 Å². The second kappa shape index (κ2) is 4.74. The molecule has 1 rings (SSSR count). The number of esters is 1. The number of carbonyl (C=O) groups excluding carboxylic acids is 2. The Hall–Kier alpha value is -1.63. The number of hydrogen-bond acceptors (Lipinski definition) is 5. The highest BCUT2D eigenvalue weighted by Crippen LogP contribution is 2.22. The maximum atomic E-state index is 11.4. The van der Waals surface area contributed by atoms with Crippen molar-refractivity contribution in [1.82, 2.24) is 4.98 Å². The fourth-order valence-electron chi connectivity index (χ4n) is 0.941. The SMILES string of the molecule is CCOC(=O)c1sc(NC(N)=O)nc1C. The Morgan fingerprint density at radius 3 is 2.80 bits per heavy atom. The topological polar surface area (TPSA) is 94.3 Å². The second-order valence-electron chi connectivity index (χ2n) is 2.64. The molecule has 0 fully saturated rings. The number of rotatable bonds is 3. The van der Waals surface area contributed by atoms with Crippen molar-refractivity contribution in [2.45, 2.75) is 13.8 Å². The summed E-state index contributed by atoms with van der Waals surface area (Å²) in [7, 11) is 0. The molecule has 82 valence electrons. The van der Waals surface area contributed by atoms with Crippen molar-refractivity contribution in [3.05, 3.63) is 10.6 Å². The fraction of sp³-hybridized carbons (Fsp3) is 0.375. The van der Waals surface area contributed by atoms with Crippen LogP contribution in [0.1, 0.15) is 22.3 Å². The highest BCUT2D eigenvalue weighted by Gasteiger charge is 2.16. The molecule has 0 aliphatic rings. The first-order chi connectivity index (χ1) is 7.04. The Balaban J connectivity index is 2.86. The van der Waals surface area contributed by atoms with Crippen LogP contribution in [0, 0.1) is 6.92 Å². The predicted octanol–water partition coefficient (Wildman–Crippen LogP) is 1.12. The molecule has 2 amide bonds. The van der Waals surface area contributed by atoms with E-state index in [2.05, 4.69) is 10.3 Å². The number of thiazole rings is 1. The van der Waals surface area contributed by atoms with Crippen LogP contribution in [0.5, 0.6) is 0 Å². The molecule has 0 bridgehead atoms. The van der Waals surface area contributed by atoms with E-state index in [0.29, 0.717) is 22.3 Å². The van der Waals surface area contributed by atoms with E-state index in [1.54, 1.807) is 13.8 Å². The average molecular weight is 229 g/mol. The van der Waals surface area contributed by atoms with Crippen molar-refractivity contribution in [3.8, 4) is 0 Å². The smallest absolute Gasteiger partial charge is 0.350 e. The van der Waals surface area contributed by atoms with Gasteiger partial charge in [0.2, 0.25) is 0 Å². The maximum absolute atomic E-state index is 11.4. The van der Waals surface area contributed by atoms with E-state index < -0.39 is 12.0 Å². The van der Waals surface area contributed by atoms with Crippen molar-refractivity contribution in [2.75, 3.05) is 11.9 Å². The van der Waals surface area contributed by atoms with Gasteiger partial charge < -0.3 is 10.5 Å². The summed E-state index contributed by atoms with van der Waals surface area (Å²) in [6.07, 6.45) is 0. The van der Waals surface area contributed by atoms with Gasteiger partial charge in [-0.25, -0.2) is 14.6 Å². The molecule has 0 atom stereocenters. The monoisotopic (exact) mass is 229 g/mol. The number of hydrogen-bond donors (Lipinski definition) is 2. The maximum Gasteiger partial charge on any atom is 0.350 e. The summed E-state index contributed by atoms with van der Waals surface area (Å²) in [5, 5.41) is 2.60. The number of carbonyl (C=O) groups is 2. The number of aromatic nitrogens is 1. The number of anilines is 1. The van der Waals surface area contributed by atoms with Crippen molar-refractivity contribution in [1.29, 1.82) is 0 Å². The lowest BCUT2D eigenvalue weighted by atomic mass is 10.4. The molecule has 0 unspecified atom stereocenters. The van der Waals surface area contributed by atoms with Crippen LogP contribution in [0.15, 0.2) is 0 Å². The van der Waals surface area contributed by atoms with Gasteiger partial charge in [0, 0.05) is 0 Å². The standard InChI is InChI=1S/C8H11N3O3S/c1-3-14-6(12)5-4(2)10-8(15-5)11-7(9)13/h3H2,1-2H3,(H3,9,10,11,13). The molecule has 0 radical (unpaired) electrons. The Bertz CT molecular complexity index is 388. The van der Waals surface area contributed by atoms with Gasteiger partial charge in [0.15, 0.2) is 5.13 Å². The molecule has 0 aliphatic heterocycles. The van der Waals surface area contributed by atoms with Crippen molar-refractivity contribution in [3.63, 3.8) is 0 Å². The number of ether oxygens (including phenoxy) is 1. The van der Waals surface area contributed by atoms with E-state index in [4.69, 9.17) is 10.5 Å². The zero-order chi connectivity index (χ0) is 11.4. The van der Waals surface area contributed by atoms with Crippen LogP contribution in [0.2, 0.25) is 0 Å². The number of nitrogens with one attached hydrogen (secondary N) is 1. The van der Waals surface area contributed by atoms with Gasteiger partial charge in [-0.15, -0.1) is 0 Å². The molecular weight excluding hydrogens is 218 g/mol. The third-order valence-electron chi connectivity index (χ3n) is 1.49. The van der Waals surface area contributed by atoms with Gasteiger partial charge in [-0.3, -0.25) is 5.32 Å². The summed E-state index contributed by atoms with van der Waals surface area (Å²) >= 11 is 1.04. The lowest BCUT2D eigenvalue weighted by molar-refractivity contribution is 0.0531. The quantitative estimate of drug-likeness (QED) is 0.759. The van der Waals surface area contributed by atoms with Gasteiger partial charge in [-0.2, -0.15) is 0 Å². The summed E-state index contributed by atoms with van der Waals surface area (Å²) < 4.78 is 4.81. The normalized spacial score (nSPS) is 9.73. The summed E-state index contributed by atoms with van der Waals surface area (Å²) in [5.74, 6) is -0.440. The Morgan fingerprint density at radius 2 is 2.27 bits per heavy atom. The van der Waals surface area contributed by atoms with Gasteiger partial charge in [-0.05, 0) is 13.8 Å². The number of primary amides is 1. The lowest BCUT2D eigenvalue weighted by Crippen LogP contribution is -2.18. The Labute approximate surface area is 90.4 Å². The molecule has 1 aromatic rings. The van der Waals surface area contributed by atoms with Gasteiger partial charge in [-0.1, -0.05) is 11.3 Å². The highest BCUT2D eigenvalue weighted by molar-refractivity contribution is 7.17. The third-order valence-corrected chi connectivity index (χ3v) is 2.54. The van der Waals surface area contributed by atoms with Gasteiger partial charge in [0.05, 0.1) is 12.3 Å². The molecule has 0 aromatic carbocycles. The van der Waals surface area contributed by atoms with Gasteiger partial charge in [0.1, 0.15) is 4.88 Å². The zero-order valence-corrected chi connectivity index (χ0v) is 9.18. The molecule has 6 nitrogen and oxygen atoms in total. The van der Waals surface area contributed by atoms with Crippen LogP contribution in [0.25, 0.3) is 0 Å². The molecule has 1 heterocycles. The first-order valence-corrected chi connectivity index (χ1v) is 5.07. The summed E-state index contributed by atoms with van der Waals surface area (Å²) in [6.45, 7) is 3.68. The van der Waals surface area contributed by atoms with Crippen LogP contribution in [-0.2, 0) is 4.74 Å². The number of nitrogens with two attached hydrogens (primary N) is 1. The van der Waals surface area contributed by atoms with Crippen molar-refractivity contribution < 1.29 is 14.3 Å². The van der Waals surface area contributed by atoms with Crippen LogP contribution < -0.4 is 11.1 Å². The Morgan fingerprint density at radius 1 is 1.60 bits per heavy atom. The summed E-state index contributed by atoms with van der Waals surface area (Å²) in [4.78, 5) is 26.3. The summed E-state index contributed by atoms with van der Waals surface area (Å²) in [6, 6.07) is -0.709. The number of nitrogens with zero attached hydrogens (tertiary/aromatic N) is 1. The minimum atomic E-state index is -0.709. The van der Waals surface area contributed by atoms with Crippen molar-refractivity contribution in [2.24, 2.45) is 5.73 Å². The largest absolute Gasteiger partial charge is 0.462 e. The van der Waals surface area contributed by atoms with E-state index in [0.717, 1.165) is 11.3 Å². The average Bonchev–Trinajstić information content (AvgIpc) is 2.46. The van der Waals surface area contributed by atoms with E-state index >= 15 is 0 Å².